The highest BCUT2D eigenvalue weighted by Crippen LogP contribution is 2.52. The number of pyridine rings is 1. The van der Waals surface area contributed by atoms with Crippen LogP contribution in [-0.2, 0) is 14.9 Å². The third kappa shape index (κ3) is 5.01. The minimum absolute atomic E-state index is 0.176. The zero-order chi connectivity index (χ0) is 31.1. The molecule has 2 amide bonds. The number of piperidine rings is 2. The number of carbonyl (C=O) groups excluding carboxylic acids is 2. The van der Waals surface area contributed by atoms with Gasteiger partial charge in [-0.05, 0) is 103 Å². The lowest BCUT2D eigenvalue weighted by molar-refractivity contribution is -0.126. The number of imidazole rings is 1. The number of rotatable bonds is 4. The number of nitrogens with zero attached hydrogens (tertiary/aromatic N) is 6. The molecule has 0 radical (unpaired) electrons. The summed E-state index contributed by atoms with van der Waals surface area (Å²) in [4.78, 5) is 43.6. The number of amides is 2. The van der Waals surface area contributed by atoms with Gasteiger partial charge in [0, 0.05) is 42.5 Å². The summed E-state index contributed by atoms with van der Waals surface area (Å²) in [5.74, 6) is 0.185. The Labute approximate surface area is 269 Å². The van der Waals surface area contributed by atoms with Crippen LogP contribution in [0.25, 0.3) is 22.3 Å². The third-order valence-electron chi connectivity index (χ3n) is 10.8. The van der Waals surface area contributed by atoms with Crippen molar-refractivity contribution in [1.82, 2.24) is 24.3 Å². The molecule has 0 unspecified atom stereocenters. The van der Waals surface area contributed by atoms with Gasteiger partial charge >= 0.3 is 6.09 Å². The van der Waals surface area contributed by atoms with Crippen molar-refractivity contribution in [1.29, 1.82) is 0 Å². The van der Waals surface area contributed by atoms with Gasteiger partial charge < -0.3 is 24.0 Å². The zero-order valence-corrected chi connectivity index (χ0v) is 27.4. The molecule has 5 aliphatic rings. The van der Waals surface area contributed by atoms with Gasteiger partial charge in [-0.3, -0.25) is 4.79 Å². The highest BCUT2D eigenvalue weighted by atomic mass is 35.5. The fraction of sp³-hybridized carbons (Fsp3) is 0.600. The Morgan fingerprint density at radius 2 is 1.71 bits per heavy atom. The maximum Gasteiger partial charge on any atom is 0.410 e. The minimum atomic E-state index is -0.638. The normalized spacial score (nSPS) is 25.1. The summed E-state index contributed by atoms with van der Waals surface area (Å²) >= 11 is 6.78. The number of benzene rings is 1. The molecule has 2 aliphatic carbocycles. The molecular weight excluding hydrogens is 588 g/mol. The molecule has 45 heavy (non-hydrogen) atoms. The van der Waals surface area contributed by atoms with Crippen LogP contribution in [0.2, 0.25) is 5.15 Å². The standard InChI is InChI=1S/C35H43ClN6O3/c1-34(2,3)45-33(44)40-15-11-35(12-16-40)26-10-7-22(27-20-28-30(31(36)38-27)41(21-37-28)23-8-9-23)17-29(26)42(32(35)43)25-18-24(19-25)39-13-5-4-6-14-39/h7,10,17,20-21,23-25H,4-6,8-9,11-16,18-19H2,1-3H3/t24-,25+. The Bertz CT molecular complexity index is 1660. The van der Waals surface area contributed by atoms with Crippen LogP contribution in [0, 0.1) is 0 Å². The van der Waals surface area contributed by atoms with E-state index in [-0.39, 0.29) is 18.0 Å². The first-order chi connectivity index (χ1) is 21.6. The molecule has 2 aromatic heterocycles. The molecule has 1 spiro atoms. The van der Waals surface area contributed by atoms with E-state index in [0.29, 0.717) is 43.2 Å². The van der Waals surface area contributed by atoms with Crippen LogP contribution in [0.15, 0.2) is 30.6 Å². The van der Waals surface area contributed by atoms with Gasteiger partial charge in [0.05, 0.1) is 23.0 Å². The average Bonchev–Trinajstić information content (AvgIpc) is 3.71. The maximum absolute atomic E-state index is 14.6. The molecule has 2 saturated carbocycles. The minimum Gasteiger partial charge on any atom is -0.444 e. The summed E-state index contributed by atoms with van der Waals surface area (Å²) in [6, 6.07) is 9.58. The SMILES string of the molecule is CC(C)(C)OC(=O)N1CCC2(CC1)C(=O)N([C@H]1C[C@@H](N3CCCCC3)C1)c1cc(-c3cc4ncn(C5CC5)c4c(Cl)n3)ccc12. The lowest BCUT2D eigenvalue weighted by Crippen LogP contribution is -2.58. The second kappa shape index (κ2) is 10.7. The summed E-state index contributed by atoms with van der Waals surface area (Å²) in [5.41, 5.74) is 4.32. The van der Waals surface area contributed by atoms with Crippen molar-refractivity contribution in [3.8, 4) is 11.3 Å². The fourth-order valence-corrected chi connectivity index (χ4v) is 8.42. The number of anilines is 1. The Hall–Kier alpha value is -3.17. The molecule has 2 saturated heterocycles. The number of hydrogen-bond acceptors (Lipinski definition) is 6. The predicted octanol–water partition coefficient (Wildman–Crippen LogP) is 6.72. The maximum atomic E-state index is 14.6. The Morgan fingerprint density at radius 3 is 2.40 bits per heavy atom. The van der Waals surface area contributed by atoms with Crippen molar-refractivity contribution < 1.29 is 14.3 Å². The van der Waals surface area contributed by atoms with E-state index in [1.54, 1.807) is 4.90 Å². The van der Waals surface area contributed by atoms with E-state index >= 15 is 0 Å². The van der Waals surface area contributed by atoms with Gasteiger partial charge in [-0.25, -0.2) is 14.8 Å². The monoisotopic (exact) mass is 630 g/mol. The summed E-state index contributed by atoms with van der Waals surface area (Å²) in [6.07, 6.45) is 10.9. The van der Waals surface area contributed by atoms with Crippen LogP contribution < -0.4 is 4.90 Å². The van der Waals surface area contributed by atoms with Crippen molar-refractivity contribution in [2.45, 2.75) is 108 Å². The van der Waals surface area contributed by atoms with Gasteiger partial charge in [0.25, 0.3) is 0 Å². The lowest BCUT2D eigenvalue weighted by Gasteiger charge is -2.48. The first-order valence-corrected chi connectivity index (χ1v) is 17.2. The number of likely N-dealkylation sites (tertiary alicyclic amines) is 2. The Kier molecular flexibility index (Phi) is 6.95. The molecule has 0 bridgehead atoms. The summed E-state index contributed by atoms with van der Waals surface area (Å²) < 4.78 is 7.82. The summed E-state index contributed by atoms with van der Waals surface area (Å²) in [7, 11) is 0. The first kappa shape index (κ1) is 29.2. The molecule has 1 aromatic carbocycles. The van der Waals surface area contributed by atoms with Gasteiger partial charge in [-0.2, -0.15) is 0 Å². The average molecular weight is 631 g/mol. The molecule has 3 aromatic rings. The molecule has 10 heteroatoms. The Balaban J connectivity index is 1.12. The summed E-state index contributed by atoms with van der Waals surface area (Å²) in [6.45, 7) is 8.98. The molecule has 0 atom stereocenters. The Morgan fingerprint density at radius 1 is 0.978 bits per heavy atom. The largest absolute Gasteiger partial charge is 0.444 e. The van der Waals surface area contributed by atoms with Gasteiger partial charge in [0.1, 0.15) is 11.1 Å². The quantitative estimate of drug-likeness (QED) is 0.298. The molecule has 3 aliphatic heterocycles. The van der Waals surface area contributed by atoms with Crippen LogP contribution >= 0.6 is 11.6 Å². The highest BCUT2D eigenvalue weighted by molar-refractivity contribution is 6.34. The second-order valence-corrected chi connectivity index (χ2v) is 15.2. The molecule has 8 rings (SSSR count). The zero-order valence-electron chi connectivity index (χ0n) is 26.6. The number of carbonyl (C=O) groups is 2. The molecule has 5 heterocycles. The molecule has 238 valence electrons. The lowest BCUT2D eigenvalue weighted by atomic mass is 9.73. The molecule has 0 N–H and O–H groups in total. The highest BCUT2D eigenvalue weighted by Gasteiger charge is 2.56. The summed E-state index contributed by atoms with van der Waals surface area (Å²) in [5, 5.41) is 0.467. The number of hydrogen-bond donors (Lipinski definition) is 0. The van der Waals surface area contributed by atoms with Crippen molar-refractivity contribution in [2.24, 2.45) is 0 Å². The molecule has 4 fully saturated rings. The van der Waals surface area contributed by atoms with Crippen LogP contribution in [-0.4, -0.2) is 80.2 Å². The van der Waals surface area contributed by atoms with E-state index in [9.17, 15) is 9.59 Å². The fourth-order valence-electron chi connectivity index (χ4n) is 8.14. The van der Waals surface area contributed by atoms with Crippen LogP contribution in [0.1, 0.15) is 90.2 Å². The topological polar surface area (TPSA) is 83.8 Å². The first-order valence-electron chi connectivity index (χ1n) is 16.8. The number of ether oxygens (including phenoxy) is 1. The predicted molar refractivity (Wildman–Crippen MR) is 175 cm³/mol. The van der Waals surface area contributed by atoms with Gasteiger partial charge in [-0.15, -0.1) is 0 Å². The second-order valence-electron chi connectivity index (χ2n) is 14.9. The van der Waals surface area contributed by atoms with E-state index < -0.39 is 11.0 Å². The van der Waals surface area contributed by atoms with Crippen LogP contribution in [0.3, 0.4) is 0 Å². The van der Waals surface area contributed by atoms with Crippen LogP contribution in [0.5, 0.6) is 0 Å². The molecular formula is C35H43ClN6O3. The van der Waals surface area contributed by atoms with Crippen molar-refractivity contribution in [3.63, 3.8) is 0 Å². The van der Waals surface area contributed by atoms with Crippen LogP contribution in [0.4, 0.5) is 10.5 Å². The van der Waals surface area contributed by atoms with Crippen molar-refractivity contribution in [2.75, 3.05) is 31.1 Å². The smallest absolute Gasteiger partial charge is 0.410 e. The van der Waals surface area contributed by atoms with E-state index in [1.807, 2.05) is 33.2 Å². The third-order valence-corrected chi connectivity index (χ3v) is 11.0. The molecule has 9 nitrogen and oxygen atoms in total. The number of aromatic nitrogens is 3. The van der Waals surface area contributed by atoms with Gasteiger partial charge in [0.2, 0.25) is 5.91 Å². The van der Waals surface area contributed by atoms with Crippen molar-refractivity contribution >= 4 is 40.3 Å². The number of halogens is 1. The van der Waals surface area contributed by atoms with Gasteiger partial charge in [0.15, 0.2) is 5.15 Å². The van der Waals surface area contributed by atoms with E-state index in [0.717, 1.165) is 59.2 Å². The number of fused-ring (bicyclic) bond motifs is 3. The van der Waals surface area contributed by atoms with E-state index in [1.165, 1.54) is 32.4 Å². The van der Waals surface area contributed by atoms with Gasteiger partial charge in [-0.1, -0.05) is 30.2 Å². The van der Waals surface area contributed by atoms with Crippen molar-refractivity contribution in [3.05, 3.63) is 41.3 Å². The van der Waals surface area contributed by atoms with E-state index in [2.05, 4.69) is 37.5 Å². The van der Waals surface area contributed by atoms with E-state index in [4.69, 9.17) is 21.3 Å².